The highest BCUT2D eigenvalue weighted by Gasteiger charge is 2.43. The number of hydrogen-bond acceptors (Lipinski definition) is 4. The minimum absolute atomic E-state index is 0.000195. The second-order valence-corrected chi connectivity index (χ2v) is 12.9. The molecule has 32 heavy (non-hydrogen) atoms. The molecule has 3 rings (SSSR count). The van der Waals surface area contributed by atoms with Gasteiger partial charge < -0.3 is 14.3 Å². The molecule has 0 saturated carbocycles. The van der Waals surface area contributed by atoms with E-state index >= 15 is 0 Å². The molecule has 0 aliphatic rings. The third-order valence-electron chi connectivity index (χ3n) is 4.88. The van der Waals surface area contributed by atoms with Gasteiger partial charge in [0.05, 0.1) is 5.69 Å². The van der Waals surface area contributed by atoms with E-state index in [2.05, 4.69) is 20.8 Å². The number of benzene rings is 2. The lowest BCUT2D eigenvalue weighted by atomic mass is 9.83. The van der Waals surface area contributed by atoms with E-state index in [0.29, 0.717) is 5.69 Å². The minimum atomic E-state index is -1.10. The molecule has 0 amide bonds. The van der Waals surface area contributed by atoms with Crippen LogP contribution in [0.25, 0.3) is 0 Å². The largest absolute Gasteiger partial charge is 0.494 e. The van der Waals surface area contributed by atoms with Crippen molar-refractivity contribution in [2.45, 2.75) is 57.8 Å². The van der Waals surface area contributed by atoms with Gasteiger partial charge >= 0.3 is 6.09 Å². The standard InChI is InChI=1S/C26H33NO4Si/c1-24(2,3)30-23(29)27-21(17-18-22(27)28)26(31-32-25(4,5)6,19-13-9-7-10-14-19)20-15-11-8-12-16-20/h7-18,28H,32H2,1-6H3. The molecule has 0 aliphatic carbocycles. The molecule has 0 spiro atoms. The van der Waals surface area contributed by atoms with Crippen molar-refractivity contribution in [2.75, 3.05) is 0 Å². The Kier molecular flexibility index (Phi) is 6.67. The van der Waals surface area contributed by atoms with Crippen molar-refractivity contribution in [1.82, 2.24) is 4.57 Å². The van der Waals surface area contributed by atoms with Crippen LogP contribution in [0.4, 0.5) is 4.79 Å². The number of nitrogens with zero attached hydrogens (tertiary/aromatic N) is 1. The molecule has 3 aromatic rings. The van der Waals surface area contributed by atoms with Crippen molar-refractivity contribution >= 4 is 15.9 Å². The third-order valence-corrected chi connectivity index (χ3v) is 6.32. The number of ether oxygens (including phenoxy) is 1. The smallest absolute Gasteiger partial charge is 0.421 e. The molecule has 1 N–H and O–H groups in total. The van der Waals surface area contributed by atoms with E-state index in [0.717, 1.165) is 11.1 Å². The highest BCUT2D eigenvalue weighted by atomic mass is 28.2. The second kappa shape index (κ2) is 8.96. The van der Waals surface area contributed by atoms with Gasteiger partial charge in [-0.25, -0.2) is 9.36 Å². The number of aromatic hydroxyl groups is 1. The summed E-state index contributed by atoms with van der Waals surface area (Å²) < 4.78 is 13.7. The van der Waals surface area contributed by atoms with E-state index in [9.17, 15) is 9.90 Å². The van der Waals surface area contributed by atoms with Crippen molar-refractivity contribution < 1.29 is 19.1 Å². The fourth-order valence-corrected chi connectivity index (χ4v) is 4.70. The molecule has 170 valence electrons. The van der Waals surface area contributed by atoms with Crippen molar-refractivity contribution in [2.24, 2.45) is 0 Å². The molecule has 6 heteroatoms. The van der Waals surface area contributed by atoms with Gasteiger partial charge in [-0.15, -0.1) is 0 Å². The van der Waals surface area contributed by atoms with E-state index in [-0.39, 0.29) is 10.9 Å². The number of hydrogen-bond donors (Lipinski definition) is 1. The molecule has 1 heterocycles. The Hall–Kier alpha value is -2.83. The Morgan fingerprint density at radius 1 is 0.812 bits per heavy atom. The quantitative estimate of drug-likeness (QED) is 0.514. The van der Waals surface area contributed by atoms with Crippen LogP contribution in [0.15, 0.2) is 72.8 Å². The Labute approximate surface area is 192 Å². The molecular formula is C26H33NO4Si. The van der Waals surface area contributed by atoms with Crippen LogP contribution in [0.3, 0.4) is 0 Å². The van der Waals surface area contributed by atoms with Gasteiger partial charge in [0.2, 0.25) is 5.88 Å². The van der Waals surface area contributed by atoms with Crippen molar-refractivity contribution in [1.29, 1.82) is 0 Å². The van der Waals surface area contributed by atoms with Crippen LogP contribution in [0.1, 0.15) is 58.4 Å². The first-order chi connectivity index (χ1) is 14.9. The van der Waals surface area contributed by atoms with Crippen LogP contribution in [-0.2, 0) is 14.8 Å². The highest BCUT2D eigenvalue weighted by molar-refractivity contribution is 6.32. The number of carbonyl (C=O) groups excluding carboxylic acids is 1. The first kappa shape index (κ1) is 23.8. The molecule has 0 unspecified atom stereocenters. The molecule has 1 aromatic heterocycles. The molecule has 0 fully saturated rings. The molecule has 2 aromatic carbocycles. The molecular weight excluding hydrogens is 418 g/mol. The van der Waals surface area contributed by atoms with Gasteiger partial charge in [0.25, 0.3) is 0 Å². The second-order valence-electron chi connectivity index (χ2n) is 10.2. The van der Waals surface area contributed by atoms with Gasteiger partial charge in [-0.1, -0.05) is 81.4 Å². The summed E-state index contributed by atoms with van der Waals surface area (Å²) >= 11 is 0. The van der Waals surface area contributed by atoms with Gasteiger partial charge in [-0.3, -0.25) is 0 Å². The van der Waals surface area contributed by atoms with E-state index in [1.54, 1.807) is 26.8 Å². The number of rotatable bonds is 5. The summed E-state index contributed by atoms with van der Waals surface area (Å²) in [6.45, 7) is 11.9. The lowest BCUT2D eigenvalue weighted by Crippen LogP contribution is -2.40. The predicted molar refractivity (Wildman–Crippen MR) is 130 cm³/mol. The third kappa shape index (κ3) is 5.14. The Morgan fingerprint density at radius 2 is 1.31 bits per heavy atom. The first-order valence-electron chi connectivity index (χ1n) is 10.8. The zero-order chi connectivity index (χ0) is 23.6. The summed E-state index contributed by atoms with van der Waals surface area (Å²) in [6, 6.07) is 23.0. The van der Waals surface area contributed by atoms with Crippen LogP contribution in [0.2, 0.25) is 5.04 Å². The summed E-state index contributed by atoms with van der Waals surface area (Å²) in [6.07, 6.45) is -0.646. The molecule has 0 radical (unpaired) electrons. The topological polar surface area (TPSA) is 60.7 Å². The number of aromatic nitrogens is 1. The van der Waals surface area contributed by atoms with Gasteiger partial charge in [0.15, 0.2) is 9.76 Å². The maximum Gasteiger partial charge on any atom is 0.421 e. The Morgan fingerprint density at radius 3 is 1.75 bits per heavy atom. The summed E-state index contributed by atoms with van der Waals surface area (Å²) in [5.74, 6) is -0.188. The summed E-state index contributed by atoms with van der Waals surface area (Å²) in [5, 5.41) is 10.7. The predicted octanol–water partition coefficient (Wildman–Crippen LogP) is 5.59. The Balaban J connectivity index is 2.32. The van der Waals surface area contributed by atoms with Crippen molar-refractivity contribution in [3.8, 4) is 5.88 Å². The zero-order valence-electron chi connectivity index (χ0n) is 19.8. The average Bonchev–Trinajstić information content (AvgIpc) is 3.10. The maximum absolute atomic E-state index is 13.2. The summed E-state index contributed by atoms with van der Waals surface area (Å²) in [5.41, 5.74) is 0.476. The van der Waals surface area contributed by atoms with Crippen LogP contribution in [0, 0.1) is 0 Å². The minimum Gasteiger partial charge on any atom is -0.494 e. The molecule has 0 aliphatic heterocycles. The van der Waals surface area contributed by atoms with Gasteiger partial charge in [0, 0.05) is 6.07 Å². The summed E-state index contributed by atoms with van der Waals surface area (Å²) in [7, 11) is -1.10. The fourth-order valence-electron chi connectivity index (χ4n) is 3.57. The van der Waals surface area contributed by atoms with E-state index < -0.39 is 27.1 Å². The molecule has 5 nitrogen and oxygen atoms in total. The Bertz CT molecular complexity index is 1010. The highest BCUT2D eigenvalue weighted by Crippen LogP contribution is 2.43. The SMILES string of the molecule is CC(C)(C)OC(=O)n1c(O)ccc1C(O[SiH2]C(C)(C)C)(c1ccccc1)c1ccccc1. The van der Waals surface area contributed by atoms with Gasteiger partial charge in [0.1, 0.15) is 11.2 Å². The van der Waals surface area contributed by atoms with Crippen LogP contribution < -0.4 is 0 Å². The van der Waals surface area contributed by atoms with E-state index in [4.69, 9.17) is 9.16 Å². The summed E-state index contributed by atoms with van der Waals surface area (Å²) in [4.78, 5) is 13.2. The number of carbonyl (C=O) groups is 1. The molecule has 0 saturated heterocycles. The fraction of sp³-hybridized carbons (Fsp3) is 0.346. The van der Waals surface area contributed by atoms with Crippen LogP contribution in [0.5, 0.6) is 5.88 Å². The van der Waals surface area contributed by atoms with E-state index in [1.807, 2.05) is 60.7 Å². The normalized spacial score (nSPS) is 12.9. The monoisotopic (exact) mass is 451 g/mol. The van der Waals surface area contributed by atoms with Gasteiger partial charge in [-0.2, -0.15) is 0 Å². The molecule has 0 atom stereocenters. The van der Waals surface area contributed by atoms with E-state index in [1.165, 1.54) is 10.6 Å². The van der Waals surface area contributed by atoms with Crippen LogP contribution >= 0.6 is 0 Å². The van der Waals surface area contributed by atoms with Crippen LogP contribution in [-0.4, -0.2) is 31.1 Å². The first-order valence-corrected chi connectivity index (χ1v) is 12.1. The molecule has 0 bridgehead atoms. The zero-order valence-corrected chi connectivity index (χ0v) is 21.2. The maximum atomic E-state index is 13.2. The van der Waals surface area contributed by atoms with Crippen molar-refractivity contribution in [3.05, 3.63) is 89.6 Å². The lowest BCUT2D eigenvalue weighted by Gasteiger charge is -2.38. The van der Waals surface area contributed by atoms with Gasteiger partial charge in [-0.05, 0) is 43.0 Å². The lowest BCUT2D eigenvalue weighted by molar-refractivity contribution is 0.0493. The van der Waals surface area contributed by atoms with Crippen molar-refractivity contribution in [3.63, 3.8) is 0 Å². The average molecular weight is 452 g/mol.